The Labute approximate surface area is 176 Å². The molecule has 0 aliphatic carbocycles. The van der Waals surface area contributed by atoms with Crippen LogP contribution in [0.5, 0.6) is 5.75 Å². The van der Waals surface area contributed by atoms with Crippen molar-refractivity contribution in [2.45, 2.75) is 4.90 Å². The summed E-state index contributed by atoms with van der Waals surface area (Å²) >= 11 is 0. The first-order valence-electron chi connectivity index (χ1n) is 8.71. The molecule has 3 aromatic rings. The number of anilines is 2. The predicted octanol–water partition coefficient (Wildman–Crippen LogP) is 3.90. The van der Waals surface area contributed by atoms with Crippen molar-refractivity contribution < 1.29 is 26.7 Å². The van der Waals surface area contributed by atoms with Crippen molar-refractivity contribution in [3.63, 3.8) is 0 Å². The van der Waals surface area contributed by atoms with E-state index >= 15 is 0 Å². The normalized spacial score (nSPS) is 10.8. The third kappa shape index (κ3) is 4.96. The summed E-state index contributed by atoms with van der Waals surface area (Å²) in [6.07, 6.45) is 0. The van der Waals surface area contributed by atoms with Crippen LogP contribution in [0.1, 0.15) is 15.9 Å². The van der Waals surface area contributed by atoms with Gasteiger partial charge in [-0.2, -0.15) is 5.26 Å². The molecule has 7 nitrogen and oxygen atoms in total. The van der Waals surface area contributed by atoms with Gasteiger partial charge in [-0.25, -0.2) is 17.2 Å². The highest BCUT2D eigenvalue weighted by atomic mass is 32.2. The van der Waals surface area contributed by atoms with Crippen LogP contribution in [0, 0.1) is 23.0 Å². The first-order valence-corrected chi connectivity index (χ1v) is 10.2. The van der Waals surface area contributed by atoms with Gasteiger partial charge in [0.2, 0.25) is 0 Å². The van der Waals surface area contributed by atoms with Gasteiger partial charge in [0.1, 0.15) is 5.75 Å². The van der Waals surface area contributed by atoms with Gasteiger partial charge in [-0.05, 0) is 54.6 Å². The summed E-state index contributed by atoms with van der Waals surface area (Å²) < 4.78 is 59.3. The Kier molecular flexibility index (Phi) is 6.17. The third-order valence-corrected chi connectivity index (χ3v) is 5.56. The lowest BCUT2D eigenvalue weighted by Crippen LogP contribution is -2.16. The number of sulfonamides is 1. The summed E-state index contributed by atoms with van der Waals surface area (Å²) in [7, 11) is -2.72. The van der Waals surface area contributed by atoms with Crippen LogP contribution in [0.15, 0.2) is 65.6 Å². The number of nitrogens with one attached hydrogen (secondary N) is 2. The van der Waals surface area contributed by atoms with Crippen LogP contribution in [0.4, 0.5) is 20.2 Å². The minimum atomic E-state index is -4.05. The molecule has 3 rings (SSSR count). The van der Waals surface area contributed by atoms with E-state index in [0.717, 1.165) is 12.1 Å². The van der Waals surface area contributed by atoms with E-state index in [1.54, 1.807) is 0 Å². The van der Waals surface area contributed by atoms with Crippen LogP contribution >= 0.6 is 0 Å². The minimum Gasteiger partial charge on any atom is -0.495 e. The summed E-state index contributed by atoms with van der Waals surface area (Å²) in [4.78, 5) is 12.4. The number of carbonyl (C=O) groups is 1. The number of halogens is 2. The topological polar surface area (TPSA) is 108 Å². The molecular weight excluding hydrogens is 428 g/mol. The van der Waals surface area contributed by atoms with Gasteiger partial charge in [-0.3, -0.25) is 9.52 Å². The average molecular weight is 443 g/mol. The zero-order valence-electron chi connectivity index (χ0n) is 16.0. The first-order chi connectivity index (χ1) is 14.7. The predicted molar refractivity (Wildman–Crippen MR) is 109 cm³/mol. The van der Waals surface area contributed by atoms with Crippen LogP contribution in [0.25, 0.3) is 0 Å². The molecule has 0 aliphatic heterocycles. The number of amides is 1. The van der Waals surface area contributed by atoms with Crippen LogP contribution in [0.3, 0.4) is 0 Å². The van der Waals surface area contributed by atoms with Gasteiger partial charge in [0.15, 0.2) is 11.6 Å². The summed E-state index contributed by atoms with van der Waals surface area (Å²) in [6.45, 7) is 0. The highest BCUT2D eigenvalue weighted by Gasteiger charge is 2.19. The maximum atomic E-state index is 13.4. The number of nitriles is 1. The number of carbonyl (C=O) groups excluding carboxylic acids is 1. The van der Waals surface area contributed by atoms with E-state index in [2.05, 4.69) is 10.0 Å². The molecule has 0 aliphatic rings. The maximum Gasteiger partial charge on any atom is 0.262 e. The third-order valence-electron chi connectivity index (χ3n) is 4.18. The molecule has 0 radical (unpaired) electrons. The molecule has 31 heavy (non-hydrogen) atoms. The monoisotopic (exact) mass is 443 g/mol. The molecule has 0 fully saturated rings. The summed E-state index contributed by atoms with van der Waals surface area (Å²) in [5.41, 5.74) is 0.361. The van der Waals surface area contributed by atoms with Crippen molar-refractivity contribution in [1.29, 1.82) is 5.26 Å². The number of ether oxygens (including phenoxy) is 1. The largest absolute Gasteiger partial charge is 0.495 e. The summed E-state index contributed by atoms with van der Waals surface area (Å²) in [5.74, 6) is -2.69. The molecule has 0 spiro atoms. The number of hydrogen-bond acceptors (Lipinski definition) is 5. The average Bonchev–Trinajstić information content (AvgIpc) is 2.76. The second-order valence-corrected chi connectivity index (χ2v) is 7.92. The minimum absolute atomic E-state index is 0.00945. The molecule has 0 saturated carbocycles. The van der Waals surface area contributed by atoms with Gasteiger partial charge in [-0.15, -0.1) is 0 Å². The van der Waals surface area contributed by atoms with Crippen LogP contribution in [-0.4, -0.2) is 21.4 Å². The second kappa shape index (κ2) is 8.81. The molecule has 0 aromatic heterocycles. The molecule has 0 saturated heterocycles. The molecule has 3 aromatic carbocycles. The molecule has 10 heteroatoms. The van der Waals surface area contributed by atoms with Gasteiger partial charge >= 0.3 is 0 Å². The number of hydrogen-bond donors (Lipinski definition) is 2. The van der Waals surface area contributed by atoms with Crippen molar-refractivity contribution >= 4 is 27.3 Å². The van der Waals surface area contributed by atoms with Gasteiger partial charge in [0.05, 0.1) is 29.3 Å². The highest BCUT2D eigenvalue weighted by molar-refractivity contribution is 7.92. The van der Waals surface area contributed by atoms with Gasteiger partial charge in [-0.1, -0.05) is 0 Å². The van der Waals surface area contributed by atoms with Crippen LogP contribution in [-0.2, 0) is 10.0 Å². The van der Waals surface area contributed by atoms with E-state index in [-0.39, 0.29) is 27.6 Å². The Morgan fingerprint density at radius 3 is 2.32 bits per heavy atom. The van der Waals surface area contributed by atoms with Gasteiger partial charge in [0.25, 0.3) is 15.9 Å². The molecule has 2 N–H and O–H groups in total. The standard InChI is InChI=1S/C21H15F2N3O4S/c1-30-20-9-4-14(21(27)25-15-5-8-17(22)18(23)11-15)10-19(20)26-31(28,29)16-6-2-13(12-24)3-7-16/h2-11,26H,1H3,(H,25,27). The van der Waals surface area contributed by atoms with E-state index in [0.29, 0.717) is 5.56 Å². The smallest absolute Gasteiger partial charge is 0.262 e. The lowest BCUT2D eigenvalue weighted by Gasteiger charge is -2.14. The van der Waals surface area contributed by atoms with E-state index in [9.17, 15) is 22.0 Å². The zero-order valence-corrected chi connectivity index (χ0v) is 16.8. The van der Waals surface area contributed by atoms with Crippen LogP contribution < -0.4 is 14.8 Å². The lowest BCUT2D eigenvalue weighted by molar-refractivity contribution is 0.102. The Bertz CT molecular complexity index is 1290. The molecule has 0 heterocycles. The maximum absolute atomic E-state index is 13.4. The fourth-order valence-corrected chi connectivity index (χ4v) is 3.68. The van der Waals surface area contributed by atoms with Gasteiger partial charge in [0, 0.05) is 17.3 Å². The number of rotatable bonds is 6. The number of benzene rings is 3. The Morgan fingerprint density at radius 1 is 1.00 bits per heavy atom. The molecule has 0 unspecified atom stereocenters. The van der Waals surface area contributed by atoms with Crippen molar-refractivity contribution in [1.82, 2.24) is 0 Å². The first kappa shape index (κ1) is 21.7. The molecule has 1 amide bonds. The Balaban J connectivity index is 1.88. The van der Waals surface area contributed by atoms with Crippen LogP contribution in [0.2, 0.25) is 0 Å². The number of nitrogens with zero attached hydrogens (tertiary/aromatic N) is 1. The van der Waals surface area contributed by atoms with E-state index in [1.807, 2.05) is 6.07 Å². The lowest BCUT2D eigenvalue weighted by atomic mass is 10.1. The second-order valence-electron chi connectivity index (χ2n) is 6.24. The highest BCUT2D eigenvalue weighted by Crippen LogP contribution is 2.28. The van der Waals surface area contributed by atoms with E-state index in [4.69, 9.17) is 10.00 Å². The quantitative estimate of drug-likeness (QED) is 0.601. The molecule has 0 atom stereocenters. The Hall–Kier alpha value is -3.97. The van der Waals surface area contributed by atoms with Crippen molar-refractivity contribution in [2.24, 2.45) is 0 Å². The molecule has 158 valence electrons. The van der Waals surface area contributed by atoms with Gasteiger partial charge < -0.3 is 10.1 Å². The van der Waals surface area contributed by atoms with E-state index < -0.39 is 27.6 Å². The number of methoxy groups -OCH3 is 1. The van der Waals surface area contributed by atoms with Crippen molar-refractivity contribution in [2.75, 3.05) is 17.1 Å². The summed E-state index contributed by atoms with van der Waals surface area (Å²) in [6, 6.07) is 14.1. The fourth-order valence-electron chi connectivity index (χ4n) is 2.62. The zero-order chi connectivity index (χ0) is 22.6. The van der Waals surface area contributed by atoms with E-state index in [1.165, 1.54) is 55.6 Å². The SMILES string of the molecule is COc1ccc(C(=O)Nc2ccc(F)c(F)c2)cc1NS(=O)(=O)c1ccc(C#N)cc1. The Morgan fingerprint density at radius 2 is 1.71 bits per heavy atom. The molecule has 0 bridgehead atoms. The fraction of sp³-hybridized carbons (Fsp3) is 0.0476. The van der Waals surface area contributed by atoms with Crippen molar-refractivity contribution in [3.8, 4) is 11.8 Å². The summed E-state index contributed by atoms with van der Waals surface area (Å²) in [5, 5.41) is 11.2. The molecular formula is C21H15F2N3O4S. The van der Waals surface area contributed by atoms with Crippen molar-refractivity contribution in [3.05, 3.63) is 83.4 Å².